The van der Waals surface area contributed by atoms with Crippen LogP contribution >= 0.6 is 0 Å². The van der Waals surface area contributed by atoms with Crippen LogP contribution in [-0.2, 0) is 6.54 Å². The molecule has 6 heteroatoms. The molecule has 0 bridgehead atoms. The fourth-order valence-electron chi connectivity index (χ4n) is 1.71. The van der Waals surface area contributed by atoms with Crippen molar-refractivity contribution in [2.24, 2.45) is 5.73 Å². The fourth-order valence-corrected chi connectivity index (χ4v) is 1.71. The quantitative estimate of drug-likeness (QED) is 0.889. The summed E-state index contributed by atoms with van der Waals surface area (Å²) in [5, 5.41) is 0. The average Bonchev–Trinajstić information content (AvgIpc) is 2.11. The number of hydrogen-bond acceptors (Lipinski definition) is 3. The topological polar surface area (TPSA) is 38.5 Å². The van der Waals surface area contributed by atoms with E-state index in [1.165, 1.54) is 12.1 Å². The van der Waals surface area contributed by atoms with Crippen molar-refractivity contribution in [3.8, 4) is 5.75 Å². The summed E-state index contributed by atoms with van der Waals surface area (Å²) in [4.78, 5) is 1.99. The van der Waals surface area contributed by atoms with E-state index < -0.39 is 6.36 Å². The van der Waals surface area contributed by atoms with Gasteiger partial charge in [0.05, 0.1) is 0 Å². The van der Waals surface area contributed by atoms with Crippen LogP contribution in [0.5, 0.6) is 5.75 Å². The van der Waals surface area contributed by atoms with Gasteiger partial charge in [-0.1, -0.05) is 0 Å². The van der Waals surface area contributed by atoms with Crippen LogP contribution in [0.25, 0.3) is 0 Å². The van der Waals surface area contributed by atoms with Crippen molar-refractivity contribution < 1.29 is 17.9 Å². The van der Waals surface area contributed by atoms with Gasteiger partial charge in [-0.3, -0.25) is 0 Å². The first-order chi connectivity index (χ1) is 7.98. The third-order valence-electron chi connectivity index (χ3n) is 2.64. The third-order valence-corrected chi connectivity index (χ3v) is 2.64. The Labute approximate surface area is 97.0 Å². The maximum absolute atomic E-state index is 12.1. The summed E-state index contributed by atoms with van der Waals surface area (Å²) >= 11 is 0. The first kappa shape index (κ1) is 12.0. The van der Waals surface area contributed by atoms with Gasteiger partial charge in [0, 0.05) is 31.4 Å². The number of rotatable bonds is 3. The van der Waals surface area contributed by atoms with Crippen LogP contribution in [-0.4, -0.2) is 19.5 Å². The van der Waals surface area contributed by atoms with Gasteiger partial charge in [0.15, 0.2) is 0 Å². The maximum atomic E-state index is 12.1. The zero-order valence-corrected chi connectivity index (χ0v) is 9.13. The van der Waals surface area contributed by atoms with Crippen LogP contribution in [0.4, 0.5) is 18.9 Å². The number of alkyl halides is 3. The predicted molar refractivity (Wildman–Crippen MR) is 57.8 cm³/mol. The SMILES string of the molecule is NCc1cc(OC(F)(F)F)cc(N2CCC2)c1. The fraction of sp³-hybridized carbons (Fsp3) is 0.455. The molecule has 0 spiro atoms. The van der Waals surface area contributed by atoms with Crippen molar-refractivity contribution in [2.75, 3.05) is 18.0 Å². The minimum atomic E-state index is -4.67. The summed E-state index contributed by atoms with van der Waals surface area (Å²) in [7, 11) is 0. The Kier molecular flexibility index (Phi) is 3.15. The molecule has 2 N–H and O–H groups in total. The molecule has 1 aliphatic heterocycles. The van der Waals surface area contributed by atoms with Crippen molar-refractivity contribution in [2.45, 2.75) is 19.3 Å². The van der Waals surface area contributed by atoms with E-state index in [-0.39, 0.29) is 12.3 Å². The second kappa shape index (κ2) is 4.44. The van der Waals surface area contributed by atoms with Crippen LogP contribution in [0.1, 0.15) is 12.0 Å². The van der Waals surface area contributed by atoms with Gasteiger partial charge in [0.25, 0.3) is 0 Å². The molecule has 3 nitrogen and oxygen atoms in total. The smallest absolute Gasteiger partial charge is 0.406 e. The summed E-state index contributed by atoms with van der Waals surface area (Å²) in [5.74, 6) is -0.206. The average molecular weight is 246 g/mol. The van der Waals surface area contributed by atoms with E-state index >= 15 is 0 Å². The normalized spacial score (nSPS) is 15.6. The Morgan fingerprint density at radius 3 is 2.41 bits per heavy atom. The molecule has 0 radical (unpaired) electrons. The van der Waals surface area contributed by atoms with Crippen LogP contribution in [0.15, 0.2) is 18.2 Å². The largest absolute Gasteiger partial charge is 0.573 e. The zero-order valence-electron chi connectivity index (χ0n) is 9.13. The lowest BCUT2D eigenvalue weighted by atomic mass is 10.1. The van der Waals surface area contributed by atoms with Gasteiger partial charge in [0.2, 0.25) is 0 Å². The number of anilines is 1. The highest BCUT2D eigenvalue weighted by atomic mass is 19.4. The monoisotopic (exact) mass is 246 g/mol. The van der Waals surface area contributed by atoms with Gasteiger partial charge in [-0.2, -0.15) is 0 Å². The van der Waals surface area contributed by atoms with Gasteiger partial charge in [-0.05, 0) is 24.1 Å². The van der Waals surface area contributed by atoms with Crippen molar-refractivity contribution in [3.05, 3.63) is 23.8 Å². The van der Waals surface area contributed by atoms with E-state index in [1.807, 2.05) is 4.90 Å². The molecule has 0 amide bonds. The molecule has 1 aromatic rings. The van der Waals surface area contributed by atoms with E-state index in [2.05, 4.69) is 4.74 Å². The predicted octanol–water partition coefficient (Wildman–Crippen LogP) is 2.25. The van der Waals surface area contributed by atoms with Crippen LogP contribution in [0.3, 0.4) is 0 Å². The van der Waals surface area contributed by atoms with Crippen molar-refractivity contribution in [1.82, 2.24) is 0 Å². The molecular weight excluding hydrogens is 233 g/mol. The van der Waals surface area contributed by atoms with E-state index in [0.29, 0.717) is 5.56 Å². The first-order valence-corrected chi connectivity index (χ1v) is 5.33. The maximum Gasteiger partial charge on any atom is 0.573 e. The van der Waals surface area contributed by atoms with Gasteiger partial charge < -0.3 is 15.4 Å². The molecule has 1 aromatic carbocycles. The Morgan fingerprint density at radius 1 is 1.24 bits per heavy atom. The molecule has 2 rings (SSSR count). The lowest BCUT2D eigenvalue weighted by Crippen LogP contribution is -2.37. The van der Waals surface area contributed by atoms with E-state index in [9.17, 15) is 13.2 Å². The number of halogens is 3. The standard InChI is InChI=1S/C11H13F3N2O/c12-11(13,14)17-10-5-8(7-15)4-9(6-10)16-2-1-3-16/h4-6H,1-3,7,15H2. The van der Waals surface area contributed by atoms with Crippen LogP contribution in [0, 0.1) is 0 Å². The molecule has 17 heavy (non-hydrogen) atoms. The molecular formula is C11H13F3N2O. The molecule has 1 heterocycles. The number of nitrogens with zero attached hydrogens (tertiary/aromatic N) is 1. The minimum Gasteiger partial charge on any atom is -0.406 e. The molecule has 0 aliphatic carbocycles. The molecule has 0 atom stereocenters. The molecule has 94 valence electrons. The molecule has 1 saturated heterocycles. The lowest BCUT2D eigenvalue weighted by molar-refractivity contribution is -0.274. The van der Waals surface area contributed by atoms with Gasteiger partial charge >= 0.3 is 6.36 Å². The molecule has 0 unspecified atom stereocenters. The van der Waals surface area contributed by atoms with Gasteiger partial charge in [0.1, 0.15) is 5.75 Å². The van der Waals surface area contributed by atoms with Gasteiger partial charge in [-0.15, -0.1) is 13.2 Å². The second-order valence-corrected chi connectivity index (χ2v) is 3.93. The van der Waals surface area contributed by atoms with E-state index in [0.717, 1.165) is 25.2 Å². The second-order valence-electron chi connectivity index (χ2n) is 3.93. The number of nitrogens with two attached hydrogens (primary N) is 1. The summed E-state index contributed by atoms with van der Waals surface area (Å²) < 4.78 is 40.3. The van der Waals surface area contributed by atoms with Crippen molar-refractivity contribution >= 4 is 5.69 Å². The van der Waals surface area contributed by atoms with E-state index in [4.69, 9.17) is 5.73 Å². The number of hydrogen-bond donors (Lipinski definition) is 1. The molecule has 1 aliphatic rings. The Bertz CT molecular complexity index is 402. The summed E-state index contributed by atoms with van der Waals surface area (Å²) in [6.07, 6.45) is -3.61. The highest BCUT2D eigenvalue weighted by molar-refractivity contribution is 5.54. The minimum absolute atomic E-state index is 0.190. The highest BCUT2D eigenvalue weighted by Gasteiger charge is 2.31. The molecule has 1 fully saturated rings. The zero-order chi connectivity index (χ0) is 12.5. The van der Waals surface area contributed by atoms with Crippen LogP contribution in [0.2, 0.25) is 0 Å². The van der Waals surface area contributed by atoms with Crippen LogP contribution < -0.4 is 15.4 Å². The Hall–Kier alpha value is -1.43. The van der Waals surface area contributed by atoms with Crippen molar-refractivity contribution in [3.63, 3.8) is 0 Å². The third kappa shape index (κ3) is 3.03. The summed E-state index contributed by atoms with van der Waals surface area (Å²) in [6, 6.07) is 4.50. The Morgan fingerprint density at radius 2 is 1.94 bits per heavy atom. The summed E-state index contributed by atoms with van der Waals surface area (Å²) in [6.45, 7) is 1.91. The van der Waals surface area contributed by atoms with Crippen molar-refractivity contribution in [1.29, 1.82) is 0 Å². The van der Waals surface area contributed by atoms with E-state index in [1.54, 1.807) is 6.07 Å². The van der Waals surface area contributed by atoms with Gasteiger partial charge in [-0.25, -0.2) is 0 Å². The molecule has 0 aromatic heterocycles. The number of benzene rings is 1. The number of ether oxygens (including phenoxy) is 1. The Balaban J connectivity index is 2.25. The highest BCUT2D eigenvalue weighted by Crippen LogP contribution is 2.30. The first-order valence-electron chi connectivity index (χ1n) is 5.33. The lowest BCUT2D eigenvalue weighted by Gasteiger charge is -2.33. The summed E-state index contributed by atoms with van der Waals surface area (Å²) in [5.41, 5.74) is 6.82. The molecule has 0 saturated carbocycles.